The maximum absolute atomic E-state index is 13.7. The lowest BCUT2D eigenvalue weighted by Crippen LogP contribution is -2.22. The lowest BCUT2D eigenvalue weighted by atomic mass is 10.3. The van der Waals surface area contributed by atoms with Gasteiger partial charge in [0.25, 0.3) is 5.56 Å². The van der Waals surface area contributed by atoms with Crippen LogP contribution in [0.2, 0.25) is 0 Å². The number of rotatable bonds is 3. The first-order chi connectivity index (χ1) is 11.0. The molecule has 0 aliphatic carbocycles. The zero-order valence-corrected chi connectivity index (χ0v) is 12.5. The van der Waals surface area contributed by atoms with Crippen molar-refractivity contribution in [1.82, 2.24) is 14.5 Å². The van der Waals surface area contributed by atoms with Crippen LogP contribution in [0.4, 0.5) is 8.78 Å². The molecule has 3 rings (SSSR count). The van der Waals surface area contributed by atoms with E-state index in [0.29, 0.717) is 29.5 Å². The minimum atomic E-state index is -0.882. The first-order valence-corrected chi connectivity index (χ1v) is 6.99. The van der Waals surface area contributed by atoms with Crippen LogP contribution in [0.1, 0.15) is 12.7 Å². The van der Waals surface area contributed by atoms with Crippen LogP contribution < -0.4 is 10.3 Å². The standard InChI is InChI=1S/C16H13F2N3O2/c1-3-21-15-10(8-19-9(2)20-15)6-14(16(21)22)23-13-5-4-11(17)7-12(13)18/h4-8H,3H2,1-2H3. The van der Waals surface area contributed by atoms with Crippen LogP contribution in [0.15, 0.2) is 35.3 Å². The SMILES string of the molecule is CCn1c(=O)c(Oc2ccc(F)cc2F)cc2cnc(C)nc21. The van der Waals surface area contributed by atoms with E-state index in [-0.39, 0.29) is 11.5 Å². The van der Waals surface area contributed by atoms with Gasteiger partial charge in [-0.05, 0) is 32.0 Å². The number of hydrogen-bond acceptors (Lipinski definition) is 4. The summed E-state index contributed by atoms with van der Waals surface area (Å²) in [7, 11) is 0. The van der Waals surface area contributed by atoms with E-state index in [1.54, 1.807) is 20.0 Å². The Morgan fingerprint density at radius 1 is 1.22 bits per heavy atom. The van der Waals surface area contributed by atoms with Gasteiger partial charge in [0.1, 0.15) is 17.3 Å². The molecule has 3 aromatic rings. The highest BCUT2D eigenvalue weighted by Crippen LogP contribution is 2.24. The summed E-state index contributed by atoms with van der Waals surface area (Å²) < 4.78 is 33.4. The number of ether oxygens (including phenoxy) is 1. The molecule has 0 aliphatic heterocycles. The monoisotopic (exact) mass is 317 g/mol. The molecule has 0 N–H and O–H groups in total. The van der Waals surface area contributed by atoms with Crippen LogP contribution in [0.5, 0.6) is 11.5 Å². The molecule has 0 amide bonds. The van der Waals surface area contributed by atoms with E-state index in [9.17, 15) is 13.6 Å². The molecule has 1 aromatic carbocycles. The Labute approximate surface area is 130 Å². The molecule has 0 spiro atoms. The predicted octanol–water partition coefficient (Wildman–Crippen LogP) is 3.19. The second-order valence-corrected chi connectivity index (χ2v) is 4.93. The molecule has 5 nitrogen and oxygen atoms in total. The molecule has 0 atom stereocenters. The summed E-state index contributed by atoms with van der Waals surface area (Å²) >= 11 is 0. The molecule has 0 saturated heterocycles. The van der Waals surface area contributed by atoms with E-state index in [2.05, 4.69) is 9.97 Å². The van der Waals surface area contributed by atoms with Crippen molar-refractivity contribution in [3.63, 3.8) is 0 Å². The molecule has 2 heterocycles. The quantitative estimate of drug-likeness (QED) is 0.744. The van der Waals surface area contributed by atoms with Gasteiger partial charge in [-0.25, -0.2) is 18.7 Å². The number of nitrogens with zero attached hydrogens (tertiary/aromatic N) is 3. The minimum absolute atomic E-state index is 0.0719. The van der Waals surface area contributed by atoms with Gasteiger partial charge < -0.3 is 4.74 Å². The zero-order chi connectivity index (χ0) is 16.6. The maximum atomic E-state index is 13.7. The average Bonchev–Trinajstić information content (AvgIpc) is 2.51. The Hall–Kier alpha value is -2.83. The lowest BCUT2D eigenvalue weighted by molar-refractivity contribution is 0.429. The van der Waals surface area contributed by atoms with Crippen molar-refractivity contribution in [2.45, 2.75) is 20.4 Å². The lowest BCUT2D eigenvalue weighted by Gasteiger charge is -2.11. The Morgan fingerprint density at radius 2 is 2.00 bits per heavy atom. The van der Waals surface area contributed by atoms with Crippen LogP contribution in [0.25, 0.3) is 11.0 Å². The highest BCUT2D eigenvalue weighted by molar-refractivity contribution is 5.75. The van der Waals surface area contributed by atoms with Crippen molar-refractivity contribution in [3.8, 4) is 11.5 Å². The highest BCUT2D eigenvalue weighted by Gasteiger charge is 2.14. The van der Waals surface area contributed by atoms with Crippen LogP contribution in [0, 0.1) is 18.6 Å². The Bertz CT molecular complexity index is 954. The van der Waals surface area contributed by atoms with E-state index in [4.69, 9.17) is 4.74 Å². The molecule has 0 unspecified atom stereocenters. The van der Waals surface area contributed by atoms with Crippen molar-refractivity contribution in [2.75, 3.05) is 0 Å². The summed E-state index contributed by atoms with van der Waals surface area (Å²) in [5.74, 6) is -1.36. The number of fused-ring (bicyclic) bond motifs is 1. The van der Waals surface area contributed by atoms with Crippen LogP contribution in [-0.4, -0.2) is 14.5 Å². The molecule has 23 heavy (non-hydrogen) atoms. The summed E-state index contributed by atoms with van der Waals surface area (Å²) in [6, 6.07) is 4.34. The number of halogens is 2. The zero-order valence-electron chi connectivity index (χ0n) is 12.5. The van der Waals surface area contributed by atoms with Gasteiger partial charge in [0.05, 0.1) is 0 Å². The molecule has 0 saturated carbocycles. The summed E-state index contributed by atoms with van der Waals surface area (Å²) in [4.78, 5) is 20.8. The molecule has 0 fully saturated rings. The van der Waals surface area contributed by atoms with Gasteiger partial charge in [-0.15, -0.1) is 0 Å². The van der Waals surface area contributed by atoms with Crippen molar-refractivity contribution < 1.29 is 13.5 Å². The molecule has 0 radical (unpaired) electrons. The average molecular weight is 317 g/mol. The summed E-state index contributed by atoms with van der Waals surface area (Å²) in [6.07, 6.45) is 1.57. The van der Waals surface area contributed by atoms with Crippen LogP contribution in [-0.2, 0) is 6.54 Å². The Balaban J connectivity index is 2.16. The topological polar surface area (TPSA) is 57.0 Å². The van der Waals surface area contributed by atoms with Crippen molar-refractivity contribution >= 4 is 11.0 Å². The molecular weight excluding hydrogens is 304 g/mol. The third-order valence-electron chi connectivity index (χ3n) is 3.34. The normalized spacial score (nSPS) is 11.0. The molecule has 0 aliphatic rings. The fraction of sp³-hybridized carbons (Fsp3) is 0.188. The highest BCUT2D eigenvalue weighted by atomic mass is 19.1. The van der Waals surface area contributed by atoms with Gasteiger partial charge in [0.15, 0.2) is 17.3 Å². The molecule has 7 heteroatoms. The van der Waals surface area contributed by atoms with E-state index in [0.717, 1.165) is 12.1 Å². The van der Waals surface area contributed by atoms with Crippen LogP contribution in [0.3, 0.4) is 0 Å². The third kappa shape index (κ3) is 2.77. The smallest absolute Gasteiger partial charge is 0.295 e. The molecule has 2 aromatic heterocycles. The largest absolute Gasteiger partial charge is 0.448 e. The number of hydrogen-bond donors (Lipinski definition) is 0. The molecule has 0 bridgehead atoms. The minimum Gasteiger partial charge on any atom is -0.448 e. The molecule has 118 valence electrons. The van der Waals surface area contributed by atoms with Gasteiger partial charge in [0, 0.05) is 24.2 Å². The van der Waals surface area contributed by atoms with E-state index in [1.807, 2.05) is 0 Å². The number of pyridine rings is 1. The van der Waals surface area contributed by atoms with Gasteiger partial charge in [-0.1, -0.05) is 0 Å². The number of benzene rings is 1. The summed E-state index contributed by atoms with van der Waals surface area (Å²) in [6.45, 7) is 3.89. The van der Waals surface area contributed by atoms with E-state index >= 15 is 0 Å². The second-order valence-electron chi connectivity index (χ2n) is 4.93. The predicted molar refractivity (Wildman–Crippen MR) is 80.6 cm³/mol. The first kappa shape index (κ1) is 15.1. The van der Waals surface area contributed by atoms with Gasteiger partial charge >= 0.3 is 0 Å². The number of aryl methyl sites for hydroxylation is 2. The second kappa shape index (κ2) is 5.75. The molecular formula is C16H13F2N3O2. The van der Waals surface area contributed by atoms with Gasteiger partial charge in [0.2, 0.25) is 0 Å². The van der Waals surface area contributed by atoms with Crippen molar-refractivity contribution in [3.05, 3.63) is 58.3 Å². The van der Waals surface area contributed by atoms with Gasteiger partial charge in [-0.2, -0.15) is 0 Å². The number of aromatic nitrogens is 3. The Kier molecular flexibility index (Phi) is 3.77. The summed E-state index contributed by atoms with van der Waals surface area (Å²) in [5, 5.41) is 0.592. The van der Waals surface area contributed by atoms with E-state index in [1.165, 1.54) is 10.6 Å². The third-order valence-corrected chi connectivity index (χ3v) is 3.34. The first-order valence-electron chi connectivity index (χ1n) is 6.99. The maximum Gasteiger partial charge on any atom is 0.295 e. The van der Waals surface area contributed by atoms with Crippen LogP contribution >= 0.6 is 0 Å². The van der Waals surface area contributed by atoms with E-state index < -0.39 is 17.2 Å². The van der Waals surface area contributed by atoms with Gasteiger partial charge in [-0.3, -0.25) is 9.36 Å². The summed E-state index contributed by atoms with van der Waals surface area (Å²) in [5.41, 5.74) is 0.0405. The fourth-order valence-corrected chi connectivity index (χ4v) is 2.26. The van der Waals surface area contributed by atoms with Crippen molar-refractivity contribution in [2.24, 2.45) is 0 Å². The Morgan fingerprint density at radius 3 is 2.70 bits per heavy atom. The van der Waals surface area contributed by atoms with Crippen molar-refractivity contribution in [1.29, 1.82) is 0 Å². The fourth-order valence-electron chi connectivity index (χ4n) is 2.26.